The first-order valence-electron chi connectivity index (χ1n) is 11.1. The molecule has 4 aromatic rings. The molecule has 2 aromatic carbocycles. The SMILES string of the molecule is CC(OC(=O)Nc1cc(Cl)sc1-c1ccccc1-c1ccc(C2(C(=O)O)CC2)cc1)c1ccsc1. The molecule has 0 saturated heterocycles. The van der Waals surface area contributed by atoms with E-state index in [0.29, 0.717) is 22.9 Å². The van der Waals surface area contributed by atoms with Crippen LogP contribution in [0.5, 0.6) is 0 Å². The summed E-state index contributed by atoms with van der Waals surface area (Å²) < 4.78 is 6.10. The number of carbonyl (C=O) groups excluding carboxylic acids is 1. The minimum Gasteiger partial charge on any atom is -0.481 e. The molecule has 1 aliphatic carbocycles. The van der Waals surface area contributed by atoms with Gasteiger partial charge in [0.15, 0.2) is 0 Å². The zero-order valence-electron chi connectivity index (χ0n) is 18.8. The molecule has 35 heavy (non-hydrogen) atoms. The quantitative estimate of drug-likeness (QED) is 0.256. The fourth-order valence-electron chi connectivity index (χ4n) is 4.18. The molecule has 5 nitrogen and oxygen atoms in total. The van der Waals surface area contributed by atoms with Crippen LogP contribution >= 0.6 is 34.3 Å². The zero-order valence-corrected chi connectivity index (χ0v) is 21.2. The molecule has 8 heteroatoms. The van der Waals surface area contributed by atoms with Gasteiger partial charge in [0.2, 0.25) is 0 Å². The topological polar surface area (TPSA) is 75.6 Å². The number of anilines is 1. The van der Waals surface area contributed by atoms with E-state index in [9.17, 15) is 14.7 Å². The van der Waals surface area contributed by atoms with Gasteiger partial charge in [0.25, 0.3) is 0 Å². The first kappa shape index (κ1) is 23.6. The van der Waals surface area contributed by atoms with Crippen LogP contribution in [0.15, 0.2) is 71.4 Å². The molecule has 1 saturated carbocycles. The average molecular weight is 524 g/mol. The molecule has 0 spiro atoms. The molecule has 2 N–H and O–H groups in total. The predicted octanol–water partition coefficient (Wildman–Crippen LogP) is 8.22. The molecule has 1 unspecified atom stereocenters. The Bertz CT molecular complexity index is 1370. The van der Waals surface area contributed by atoms with Crippen LogP contribution in [-0.4, -0.2) is 17.2 Å². The van der Waals surface area contributed by atoms with Crippen molar-refractivity contribution in [3.8, 4) is 21.6 Å². The molecule has 0 aliphatic heterocycles. The fraction of sp³-hybridized carbons (Fsp3) is 0.185. The van der Waals surface area contributed by atoms with Crippen molar-refractivity contribution in [1.82, 2.24) is 0 Å². The lowest BCUT2D eigenvalue weighted by Gasteiger charge is -2.15. The van der Waals surface area contributed by atoms with Crippen molar-refractivity contribution in [2.75, 3.05) is 5.32 Å². The molecule has 2 heterocycles. The van der Waals surface area contributed by atoms with Crippen LogP contribution in [0.25, 0.3) is 21.6 Å². The summed E-state index contributed by atoms with van der Waals surface area (Å²) in [7, 11) is 0. The maximum absolute atomic E-state index is 12.6. The van der Waals surface area contributed by atoms with Crippen molar-refractivity contribution < 1.29 is 19.4 Å². The lowest BCUT2D eigenvalue weighted by Crippen LogP contribution is -2.19. The summed E-state index contributed by atoms with van der Waals surface area (Å²) in [4.78, 5) is 25.1. The van der Waals surface area contributed by atoms with E-state index in [0.717, 1.165) is 32.7 Å². The van der Waals surface area contributed by atoms with E-state index in [4.69, 9.17) is 16.3 Å². The number of hydrogen-bond acceptors (Lipinski definition) is 5. The van der Waals surface area contributed by atoms with Crippen LogP contribution in [0, 0.1) is 0 Å². The summed E-state index contributed by atoms with van der Waals surface area (Å²) in [6.07, 6.45) is 0.416. The van der Waals surface area contributed by atoms with Gasteiger partial charge in [-0.2, -0.15) is 11.3 Å². The molecule has 0 bridgehead atoms. The third-order valence-electron chi connectivity index (χ3n) is 6.31. The van der Waals surface area contributed by atoms with E-state index in [1.165, 1.54) is 11.3 Å². The van der Waals surface area contributed by atoms with Gasteiger partial charge >= 0.3 is 12.1 Å². The minimum absolute atomic E-state index is 0.370. The Balaban J connectivity index is 1.42. The largest absolute Gasteiger partial charge is 0.481 e. The molecule has 0 radical (unpaired) electrons. The van der Waals surface area contributed by atoms with Crippen molar-refractivity contribution in [2.24, 2.45) is 0 Å². The first-order chi connectivity index (χ1) is 16.9. The molecule has 178 valence electrons. The summed E-state index contributed by atoms with van der Waals surface area (Å²) in [6.45, 7) is 1.83. The van der Waals surface area contributed by atoms with E-state index >= 15 is 0 Å². The summed E-state index contributed by atoms with van der Waals surface area (Å²) in [6, 6.07) is 19.2. The summed E-state index contributed by atoms with van der Waals surface area (Å²) >= 11 is 9.29. The van der Waals surface area contributed by atoms with Crippen molar-refractivity contribution in [3.63, 3.8) is 0 Å². The molecule has 2 aromatic heterocycles. The number of carbonyl (C=O) groups is 2. The van der Waals surface area contributed by atoms with Crippen LogP contribution in [-0.2, 0) is 14.9 Å². The van der Waals surface area contributed by atoms with Gasteiger partial charge in [0, 0.05) is 11.1 Å². The first-order valence-corrected chi connectivity index (χ1v) is 13.2. The molecular formula is C27H22ClNO4S2. The van der Waals surface area contributed by atoms with Crippen LogP contribution in [0.2, 0.25) is 4.34 Å². The van der Waals surface area contributed by atoms with Crippen molar-refractivity contribution in [1.29, 1.82) is 0 Å². The number of carboxylic acid groups (broad SMARTS) is 1. The highest BCUT2D eigenvalue weighted by Gasteiger charge is 2.51. The van der Waals surface area contributed by atoms with E-state index in [-0.39, 0.29) is 6.10 Å². The Hall–Kier alpha value is -3.13. The number of aliphatic carboxylic acids is 1. The molecular weight excluding hydrogens is 502 g/mol. The van der Waals surface area contributed by atoms with Crippen LogP contribution in [0.3, 0.4) is 0 Å². The van der Waals surface area contributed by atoms with Gasteiger partial charge in [0.1, 0.15) is 6.10 Å². The van der Waals surface area contributed by atoms with E-state index in [2.05, 4.69) is 5.32 Å². The minimum atomic E-state index is -0.769. The summed E-state index contributed by atoms with van der Waals surface area (Å²) in [5, 5.41) is 16.3. The number of hydrogen-bond donors (Lipinski definition) is 2. The zero-order chi connectivity index (χ0) is 24.6. The Labute approximate surface area is 216 Å². The number of benzene rings is 2. The third-order valence-corrected chi connectivity index (χ3v) is 8.31. The van der Waals surface area contributed by atoms with E-state index < -0.39 is 17.5 Å². The van der Waals surface area contributed by atoms with Gasteiger partial charge in [-0.15, -0.1) is 11.3 Å². The third kappa shape index (κ3) is 4.72. The van der Waals surface area contributed by atoms with Gasteiger partial charge in [-0.25, -0.2) is 4.79 Å². The number of rotatable bonds is 7. The standard InChI is InChI=1S/C27H22ClNO4S2/c1-16(18-10-13-34-15-18)33-26(32)29-22-14-23(28)35-24(22)21-5-3-2-4-20(21)17-6-8-19(9-7-17)27(11-12-27)25(30)31/h2-10,13-16H,11-12H2,1H3,(H,29,32)(H,30,31). The van der Waals surface area contributed by atoms with Gasteiger partial charge in [0.05, 0.1) is 20.3 Å². The number of carboxylic acids is 1. The Kier molecular flexibility index (Phi) is 6.40. The maximum atomic E-state index is 12.6. The monoisotopic (exact) mass is 523 g/mol. The van der Waals surface area contributed by atoms with E-state index in [1.54, 1.807) is 17.4 Å². The van der Waals surface area contributed by atoms with E-state index in [1.807, 2.05) is 72.3 Å². The molecule has 5 rings (SSSR count). The lowest BCUT2D eigenvalue weighted by molar-refractivity contribution is -0.140. The second-order valence-corrected chi connectivity index (χ2v) is 11.0. The van der Waals surface area contributed by atoms with Crippen molar-refractivity contribution in [2.45, 2.75) is 31.3 Å². The van der Waals surface area contributed by atoms with Crippen LogP contribution in [0.1, 0.15) is 37.0 Å². The fourth-order valence-corrected chi connectivity index (χ4v) is 6.14. The predicted molar refractivity (Wildman–Crippen MR) is 142 cm³/mol. The number of halogens is 1. The molecule has 1 atom stereocenters. The van der Waals surface area contributed by atoms with Crippen LogP contribution < -0.4 is 5.32 Å². The number of ether oxygens (including phenoxy) is 1. The number of thiophene rings is 2. The highest BCUT2D eigenvalue weighted by atomic mass is 35.5. The molecule has 1 amide bonds. The van der Waals surface area contributed by atoms with Gasteiger partial charge in [-0.3, -0.25) is 10.1 Å². The highest BCUT2D eigenvalue weighted by Crippen LogP contribution is 2.49. The Morgan fingerprint density at radius 1 is 1.09 bits per heavy atom. The molecule has 1 aliphatic rings. The highest BCUT2D eigenvalue weighted by molar-refractivity contribution is 7.20. The Morgan fingerprint density at radius 2 is 1.80 bits per heavy atom. The van der Waals surface area contributed by atoms with Crippen LogP contribution in [0.4, 0.5) is 10.5 Å². The summed E-state index contributed by atoms with van der Waals surface area (Å²) in [5.41, 5.74) is 4.44. The Morgan fingerprint density at radius 3 is 2.43 bits per heavy atom. The molecule has 1 fully saturated rings. The smallest absolute Gasteiger partial charge is 0.412 e. The number of amides is 1. The normalized spacial score (nSPS) is 14.8. The average Bonchev–Trinajstić information content (AvgIpc) is 3.32. The second kappa shape index (κ2) is 9.49. The van der Waals surface area contributed by atoms with Crippen molar-refractivity contribution in [3.05, 3.63) is 86.9 Å². The number of nitrogens with one attached hydrogen (secondary N) is 1. The summed E-state index contributed by atoms with van der Waals surface area (Å²) in [5.74, 6) is -0.769. The van der Waals surface area contributed by atoms with Gasteiger partial charge in [-0.05, 0) is 59.3 Å². The van der Waals surface area contributed by atoms with Gasteiger partial charge < -0.3 is 9.84 Å². The van der Waals surface area contributed by atoms with Gasteiger partial charge in [-0.1, -0.05) is 60.1 Å². The van der Waals surface area contributed by atoms with Crippen molar-refractivity contribution >= 4 is 52.0 Å². The second-order valence-electron chi connectivity index (χ2n) is 8.53. The lowest BCUT2D eigenvalue weighted by atomic mass is 9.92. The maximum Gasteiger partial charge on any atom is 0.412 e.